The molecule has 24 heavy (non-hydrogen) atoms. The van der Waals surface area contributed by atoms with Crippen molar-refractivity contribution in [2.24, 2.45) is 0 Å². The number of phenolic OH excluding ortho intramolecular Hbond substituents is 1. The van der Waals surface area contributed by atoms with Crippen molar-refractivity contribution >= 4 is 17.1 Å². The molecule has 1 heterocycles. The SMILES string of the molecule is CCc1cccnn1.O=[N+]([O-])c1cc([N+](=O)[O-])c(O)c([N+](=O)[O-])c1. The number of nitro groups is 3. The molecular formula is C12H11N5O7. The lowest BCUT2D eigenvalue weighted by Crippen LogP contribution is -1.97. The van der Waals surface area contributed by atoms with Crippen LogP contribution in [0.5, 0.6) is 5.75 Å². The van der Waals surface area contributed by atoms with Crippen molar-refractivity contribution in [3.05, 3.63) is 66.5 Å². The van der Waals surface area contributed by atoms with Gasteiger partial charge in [0.1, 0.15) is 0 Å². The molecule has 0 amide bonds. The van der Waals surface area contributed by atoms with Gasteiger partial charge in [-0.2, -0.15) is 10.2 Å². The van der Waals surface area contributed by atoms with Crippen LogP contribution in [0.25, 0.3) is 0 Å². The van der Waals surface area contributed by atoms with Crippen molar-refractivity contribution in [3.8, 4) is 5.75 Å². The Hall–Kier alpha value is -3.70. The Kier molecular flexibility index (Phi) is 6.17. The van der Waals surface area contributed by atoms with Gasteiger partial charge >= 0.3 is 11.4 Å². The van der Waals surface area contributed by atoms with Crippen LogP contribution in [0.4, 0.5) is 17.1 Å². The van der Waals surface area contributed by atoms with Crippen molar-refractivity contribution in [3.63, 3.8) is 0 Å². The van der Waals surface area contributed by atoms with Crippen molar-refractivity contribution in [2.45, 2.75) is 13.3 Å². The normalized spacial score (nSPS) is 9.54. The number of nitro benzene ring substituents is 3. The maximum atomic E-state index is 10.4. The summed E-state index contributed by atoms with van der Waals surface area (Å²) in [6.45, 7) is 2.06. The Balaban J connectivity index is 0.000000300. The fourth-order valence-electron chi connectivity index (χ4n) is 1.50. The van der Waals surface area contributed by atoms with E-state index in [1.54, 1.807) is 6.20 Å². The number of non-ortho nitro benzene ring substituents is 1. The summed E-state index contributed by atoms with van der Waals surface area (Å²) in [4.78, 5) is 27.8. The van der Waals surface area contributed by atoms with E-state index in [1.165, 1.54) is 0 Å². The minimum absolute atomic E-state index is 0.447. The summed E-state index contributed by atoms with van der Waals surface area (Å²) in [5.41, 5.74) is -1.95. The summed E-state index contributed by atoms with van der Waals surface area (Å²) in [7, 11) is 0. The third-order valence-corrected chi connectivity index (χ3v) is 2.65. The zero-order chi connectivity index (χ0) is 18.3. The molecule has 2 rings (SSSR count). The minimum atomic E-state index is -1.21. The van der Waals surface area contributed by atoms with Crippen molar-refractivity contribution < 1.29 is 19.9 Å². The molecule has 0 aliphatic rings. The first-order valence-electron chi connectivity index (χ1n) is 6.34. The largest absolute Gasteiger partial charge is 0.497 e. The lowest BCUT2D eigenvalue weighted by molar-refractivity contribution is -0.404. The molecule has 0 aliphatic heterocycles. The number of aromatic nitrogens is 2. The van der Waals surface area contributed by atoms with Gasteiger partial charge in [-0.1, -0.05) is 6.92 Å². The summed E-state index contributed by atoms with van der Waals surface area (Å²) in [6, 6.07) is 4.75. The van der Waals surface area contributed by atoms with Gasteiger partial charge in [0.2, 0.25) is 0 Å². The Bertz CT molecular complexity index is 731. The van der Waals surface area contributed by atoms with Crippen LogP contribution in [0.2, 0.25) is 0 Å². The predicted octanol–water partition coefficient (Wildman–Crippen LogP) is 2.16. The lowest BCUT2D eigenvalue weighted by Gasteiger charge is -1.97. The van der Waals surface area contributed by atoms with Gasteiger partial charge in [-0.15, -0.1) is 0 Å². The molecule has 1 aromatic heterocycles. The van der Waals surface area contributed by atoms with E-state index in [0.29, 0.717) is 12.1 Å². The van der Waals surface area contributed by atoms with E-state index in [4.69, 9.17) is 5.11 Å². The zero-order valence-electron chi connectivity index (χ0n) is 12.2. The Morgan fingerprint density at radius 3 is 1.88 bits per heavy atom. The molecule has 0 unspecified atom stereocenters. The molecule has 0 radical (unpaired) electrons. The molecule has 0 saturated carbocycles. The molecule has 0 saturated heterocycles. The van der Waals surface area contributed by atoms with E-state index in [0.717, 1.165) is 12.1 Å². The van der Waals surface area contributed by atoms with Gasteiger partial charge in [0.05, 0.1) is 32.6 Å². The number of hydrogen-bond donors (Lipinski definition) is 1. The third-order valence-electron chi connectivity index (χ3n) is 2.65. The van der Waals surface area contributed by atoms with Gasteiger partial charge in [-0.25, -0.2) is 0 Å². The quantitative estimate of drug-likeness (QED) is 0.646. The highest BCUT2D eigenvalue weighted by molar-refractivity contribution is 5.64. The van der Waals surface area contributed by atoms with Gasteiger partial charge in [-0.3, -0.25) is 30.3 Å². The summed E-state index contributed by atoms with van der Waals surface area (Å²) in [6.07, 6.45) is 2.65. The maximum Gasteiger partial charge on any atom is 0.324 e. The first-order chi connectivity index (χ1) is 11.3. The summed E-state index contributed by atoms with van der Waals surface area (Å²) >= 11 is 0. The number of rotatable bonds is 4. The molecule has 0 atom stereocenters. The average molecular weight is 337 g/mol. The van der Waals surface area contributed by atoms with Gasteiger partial charge in [-0.05, 0) is 18.6 Å². The zero-order valence-corrected chi connectivity index (χ0v) is 12.2. The van der Waals surface area contributed by atoms with E-state index in [9.17, 15) is 30.3 Å². The molecule has 0 spiro atoms. The van der Waals surface area contributed by atoms with Crippen LogP contribution in [-0.4, -0.2) is 30.1 Å². The highest BCUT2D eigenvalue weighted by atomic mass is 16.6. The van der Waals surface area contributed by atoms with Gasteiger partial charge in [0.15, 0.2) is 0 Å². The molecule has 1 aromatic carbocycles. The van der Waals surface area contributed by atoms with Crippen LogP contribution in [-0.2, 0) is 6.42 Å². The van der Waals surface area contributed by atoms with E-state index >= 15 is 0 Å². The summed E-state index contributed by atoms with van der Waals surface area (Å²) in [5.74, 6) is -1.21. The van der Waals surface area contributed by atoms with E-state index < -0.39 is 37.6 Å². The maximum absolute atomic E-state index is 10.4. The summed E-state index contributed by atoms with van der Waals surface area (Å²) in [5, 5.41) is 47.8. The topological polar surface area (TPSA) is 175 Å². The number of aryl methyl sites for hydroxylation is 1. The second-order valence-corrected chi connectivity index (χ2v) is 4.17. The van der Waals surface area contributed by atoms with Crippen LogP contribution in [0.1, 0.15) is 12.6 Å². The van der Waals surface area contributed by atoms with Crippen LogP contribution < -0.4 is 0 Å². The van der Waals surface area contributed by atoms with Crippen molar-refractivity contribution in [1.82, 2.24) is 10.2 Å². The van der Waals surface area contributed by atoms with Gasteiger partial charge in [0.25, 0.3) is 11.4 Å². The average Bonchev–Trinajstić information content (AvgIpc) is 2.55. The molecule has 0 bridgehead atoms. The number of aromatic hydroxyl groups is 1. The number of phenols is 1. The van der Waals surface area contributed by atoms with Crippen molar-refractivity contribution in [2.75, 3.05) is 0 Å². The minimum Gasteiger partial charge on any atom is -0.497 e. The van der Waals surface area contributed by atoms with Crippen LogP contribution >= 0.6 is 0 Å². The van der Waals surface area contributed by atoms with E-state index in [1.807, 2.05) is 12.1 Å². The Morgan fingerprint density at radius 2 is 1.58 bits per heavy atom. The van der Waals surface area contributed by atoms with Crippen LogP contribution in [0, 0.1) is 30.3 Å². The summed E-state index contributed by atoms with van der Waals surface area (Å²) < 4.78 is 0. The third kappa shape index (κ3) is 4.66. The molecule has 2 aromatic rings. The number of hydrogen-bond acceptors (Lipinski definition) is 9. The smallest absolute Gasteiger partial charge is 0.324 e. The predicted molar refractivity (Wildman–Crippen MR) is 79.5 cm³/mol. The molecule has 12 nitrogen and oxygen atoms in total. The molecular weight excluding hydrogens is 326 g/mol. The first-order valence-corrected chi connectivity index (χ1v) is 6.34. The second kappa shape index (κ2) is 8.07. The molecule has 1 N–H and O–H groups in total. The molecule has 126 valence electrons. The fraction of sp³-hybridized carbons (Fsp3) is 0.167. The Morgan fingerprint density at radius 1 is 1.04 bits per heavy atom. The molecule has 12 heteroatoms. The number of nitrogens with zero attached hydrogens (tertiary/aromatic N) is 5. The molecule has 0 aliphatic carbocycles. The van der Waals surface area contributed by atoms with Gasteiger partial charge < -0.3 is 5.11 Å². The van der Waals surface area contributed by atoms with Crippen LogP contribution in [0.3, 0.4) is 0 Å². The van der Waals surface area contributed by atoms with Crippen molar-refractivity contribution in [1.29, 1.82) is 0 Å². The fourth-order valence-corrected chi connectivity index (χ4v) is 1.50. The highest BCUT2D eigenvalue weighted by Gasteiger charge is 2.30. The number of benzene rings is 1. The second-order valence-electron chi connectivity index (χ2n) is 4.17. The van der Waals surface area contributed by atoms with E-state index in [-0.39, 0.29) is 0 Å². The highest BCUT2D eigenvalue weighted by Crippen LogP contribution is 2.38. The standard InChI is InChI=1S/C6H3N3O7.C6H8N2/c10-6-4(8(13)14)1-3(7(11)12)2-5(6)9(15)16;1-2-6-4-3-5-7-8-6/h1-2,10H;3-5H,2H2,1H3. The van der Waals surface area contributed by atoms with E-state index in [2.05, 4.69) is 17.1 Å². The Labute approximate surface area is 133 Å². The lowest BCUT2D eigenvalue weighted by atomic mass is 10.2. The monoisotopic (exact) mass is 337 g/mol. The van der Waals surface area contributed by atoms with Gasteiger partial charge in [0, 0.05) is 6.20 Å². The molecule has 0 fully saturated rings. The first kappa shape index (κ1) is 18.3. The van der Waals surface area contributed by atoms with Crippen LogP contribution in [0.15, 0.2) is 30.5 Å².